The number of amides is 1. The average Bonchev–Trinajstić information content (AvgIpc) is 3.12. The van der Waals surface area contributed by atoms with Crippen molar-refractivity contribution in [1.82, 2.24) is 5.32 Å². The van der Waals surface area contributed by atoms with Crippen LogP contribution in [0.25, 0.3) is 0 Å². The molecule has 8 nitrogen and oxygen atoms in total. The Morgan fingerprint density at radius 3 is 1.67 bits per heavy atom. The molecule has 3 unspecified atom stereocenters. The molecule has 0 heterocycles. The summed E-state index contributed by atoms with van der Waals surface area (Å²) >= 11 is 0. The maximum absolute atomic E-state index is 12.8. The van der Waals surface area contributed by atoms with Gasteiger partial charge in [-0.05, 0) is 57.8 Å². The first-order valence-electron chi connectivity index (χ1n) is 22.0. The van der Waals surface area contributed by atoms with E-state index in [1.54, 1.807) is 6.08 Å². The lowest BCUT2D eigenvalue weighted by Gasteiger charge is -2.25. The summed E-state index contributed by atoms with van der Waals surface area (Å²) in [6, 6.07) is -0.870. The summed E-state index contributed by atoms with van der Waals surface area (Å²) in [6.07, 6.45) is 46.1. The molecule has 9 heteroatoms. The van der Waals surface area contributed by atoms with Gasteiger partial charge in [0.1, 0.15) is 13.2 Å². The van der Waals surface area contributed by atoms with Crippen LogP contribution in [0.15, 0.2) is 48.6 Å². The van der Waals surface area contributed by atoms with E-state index in [4.69, 9.17) is 9.05 Å². The van der Waals surface area contributed by atoms with Crippen LogP contribution in [0.2, 0.25) is 0 Å². The van der Waals surface area contributed by atoms with Crippen molar-refractivity contribution in [3.63, 3.8) is 0 Å². The molecule has 0 aliphatic rings. The predicted molar refractivity (Wildman–Crippen MR) is 231 cm³/mol. The average molecular weight is 782 g/mol. The molecule has 3 atom stereocenters. The molecule has 0 rings (SSSR count). The highest BCUT2D eigenvalue weighted by Crippen LogP contribution is 2.43. The van der Waals surface area contributed by atoms with Crippen molar-refractivity contribution in [1.29, 1.82) is 0 Å². The van der Waals surface area contributed by atoms with E-state index in [1.165, 1.54) is 89.9 Å². The zero-order valence-electron chi connectivity index (χ0n) is 35.7. The van der Waals surface area contributed by atoms with Gasteiger partial charge < -0.3 is 19.8 Å². The lowest BCUT2D eigenvalue weighted by Crippen LogP contribution is -2.45. The van der Waals surface area contributed by atoms with Gasteiger partial charge >= 0.3 is 7.82 Å². The number of nitrogens with one attached hydrogen (secondary N) is 1. The standard InChI is InChI=1S/C45H85N2O6P/c1-6-8-10-12-14-16-18-20-21-22-23-24-25-27-28-30-32-34-36-38-44(48)43(42-53-54(50,51)52-41-40-47(3,4)5)46-45(49)39-37-35-33-31-29-26-19-17-15-13-11-9-7-2/h11,13,17,19,28,30,36,38,43-44,48H,6-10,12,14-16,18,20-27,29,31-35,37,39-42H2,1-5H3,(H-,46,49,50,51)/p+1/b13-11-,19-17-,30-28+,38-36+. The van der Waals surface area contributed by atoms with Gasteiger partial charge in [0.25, 0.3) is 0 Å². The molecular formula is C45H86N2O6P+. The Kier molecular flexibility index (Phi) is 36.0. The van der Waals surface area contributed by atoms with Crippen molar-refractivity contribution in [2.45, 2.75) is 193 Å². The van der Waals surface area contributed by atoms with E-state index in [-0.39, 0.29) is 19.1 Å². The Morgan fingerprint density at radius 2 is 1.11 bits per heavy atom. The SMILES string of the molecule is CCC/C=C\C/C=C\CCCCCCCC(=O)NC(COP(=O)(O)OCC[N+](C)(C)C)C(O)/C=C/CC/C=C/CCCCCCCCCCCCCCC. The number of aliphatic hydroxyl groups excluding tert-OH is 1. The zero-order valence-corrected chi connectivity index (χ0v) is 36.6. The monoisotopic (exact) mass is 782 g/mol. The summed E-state index contributed by atoms with van der Waals surface area (Å²) in [4.78, 5) is 23.1. The molecule has 0 aromatic carbocycles. The first kappa shape index (κ1) is 52.5. The second-order valence-electron chi connectivity index (χ2n) is 16.1. The molecule has 0 aliphatic heterocycles. The van der Waals surface area contributed by atoms with Crippen LogP contribution >= 0.6 is 7.82 Å². The summed E-state index contributed by atoms with van der Waals surface area (Å²) in [6.45, 7) is 4.70. The number of nitrogens with zero attached hydrogens (tertiary/aromatic N) is 1. The number of carbonyl (C=O) groups is 1. The van der Waals surface area contributed by atoms with E-state index < -0.39 is 20.0 Å². The maximum atomic E-state index is 12.8. The number of carbonyl (C=O) groups excluding carboxylic acids is 1. The fourth-order valence-electron chi connectivity index (χ4n) is 5.98. The van der Waals surface area contributed by atoms with Gasteiger partial charge in [-0.25, -0.2) is 4.57 Å². The molecule has 0 aliphatic carbocycles. The van der Waals surface area contributed by atoms with Crippen molar-refractivity contribution in [2.75, 3.05) is 40.9 Å². The molecule has 3 N–H and O–H groups in total. The summed E-state index contributed by atoms with van der Waals surface area (Å²) in [5.74, 6) is -0.204. The highest BCUT2D eigenvalue weighted by Gasteiger charge is 2.27. The van der Waals surface area contributed by atoms with E-state index in [0.29, 0.717) is 17.4 Å². The Bertz CT molecular complexity index is 1020. The smallest absolute Gasteiger partial charge is 0.387 e. The first-order valence-corrected chi connectivity index (χ1v) is 23.5. The molecular weight excluding hydrogens is 695 g/mol. The van der Waals surface area contributed by atoms with Crippen LogP contribution in [-0.2, 0) is 18.4 Å². The minimum atomic E-state index is -4.35. The van der Waals surface area contributed by atoms with Gasteiger partial charge in [-0.3, -0.25) is 13.8 Å². The van der Waals surface area contributed by atoms with Crippen molar-refractivity contribution < 1.29 is 32.9 Å². The fourth-order valence-corrected chi connectivity index (χ4v) is 6.71. The van der Waals surface area contributed by atoms with E-state index in [0.717, 1.165) is 70.6 Å². The molecule has 0 saturated carbocycles. The summed E-state index contributed by atoms with van der Waals surface area (Å²) in [5, 5.41) is 13.8. The predicted octanol–water partition coefficient (Wildman–Crippen LogP) is 12.1. The zero-order chi connectivity index (χ0) is 40.0. The molecule has 0 radical (unpaired) electrons. The van der Waals surface area contributed by atoms with Crippen LogP contribution in [0.5, 0.6) is 0 Å². The highest BCUT2D eigenvalue weighted by molar-refractivity contribution is 7.47. The second-order valence-corrected chi connectivity index (χ2v) is 17.5. The van der Waals surface area contributed by atoms with Crippen molar-refractivity contribution in [3.8, 4) is 0 Å². The molecule has 1 amide bonds. The summed E-state index contributed by atoms with van der Waals surface area (Å²) in [5.41, 5.74) is 0. The topological polar surface area (TPSA) is 105 Å². The third kappa shape index (κ3) is 38.7. The summed E-state index contributed by atoms with van der Waals surface area (Å²) in [7, 11) is 1.54. The van der Waals surface area contributed by atoms with E-state index in [2.05, 4.69) is 55.6 Å². The van der Waals surface area contributed by atoms with Gasteiger partial charge in [-0.15, -0.1) is 0 Å². The molecule has 0 bridgehead atoms. The number of aliphatic hydroxyl groups is 1. The quantitative estimate of drug-likeness (QED) is 0.0248. The van der Waals surface area contributed by atoms with Gasteiger partial charge in [0, 0.05) is 6.42 Å². The first-order chi connectivity index (χ1) is 26.0. The van der Waals surface area contributed by atoms with Gasteiger partial charge in [0.2, 0.25) is 5.91 Å². The maximum Gasteiger partial charge on any atom is 0.472 e. The van der Waals surface area contributed by atoms with Crippen LogP contribution < -0.4 is 5.32 Å². The summed E-state index contributed by atoms with van der Waals surface area (Å²) < 4.78 is 23.5. The molecule has 54 heavy (non-hydrogen) atoms. The lowest BCUT2D eigenvalue weighted by molar-refractivity contribution is -0.870. The number of hydrogen-bond acceptors (Lipinski definition) is 5. The number of likely N-dealkylation sites (N-methyl/N-ethyl adjacent to an activating group) is 1. The number of hydrogen-bond donors (Lipinski definition) is 3. The van der Waals surface area contributed by atoms with Crippen molar-refractivity contribution in [2.24, 2.45) is 0 Å². The number of unbranched alkanes of at least 4 members (excludes halogenated alkanes) is 20. The van der Waals surface area contributed by atoms with Crippen LogP contribution in [0.1, 0.15) is 181 Å². The third-order valence-corrected chi connectivity index (χ3v) is 10.5. The minimum Gasteiger partial charge on any atom is -0.387 e. The number of phosphoric acid groups is 1. The minimum absolute atomic E-state index is 0.0519. The third-order valence-electron chi connectivity index (χ3n) is 9.50. The normalized spacial score (nSPS) is 14.9. The molecule has 0 fully saturated rings. The Labute approximate surface area is 333 Å². The molecule has 0 saturated heterocycles. The Hall–Kier alpha value is -1.54. The number of quaternary nitrogens is 1. The number of allylic oxidation sites excluding steroid dienone is 7. The second kappa shape index (κ2) is 37.1. The highest BCUT2D eigenvalue weighted by atomic mass is 31.2. The van der Waals surface area contributed by atoms with Crippen molar-refractivity contribution >= 4 is 13.7 Å². The molecule has 0 aromatic rings. The van der Waals surface area contributed by atoms with Crippen LogP contribution in [0.4, 0.5) is 0 Å². The van der Waals surface area contributed by atoms with Crippen LogP contribution in [0, 0.1) is 0 Å². The fraction of sp³-hybridized carbons (Fsp3) is 0.800. The van der Waals surface area contributed by atoms with Crippen molar-refractivity contribution in [3.05, 3.63) is 48.6 Å². The van der Waals surface area contributed by atoms with Gasteiger partial charge in [-0.2, -0.15) is 0 Å². The Balaban J connectivity index is 4.49. The van der Waals surface area contributed by atoms with Gasteiger partial charge in [0.05, 0.1) is 39.9 Å². The molecule has 0 aromatic heterocycles. The largest absolute Gasteiger partial charge is 0.472 e. The van der Waals surface area contributed by atoms with Gasteiger partial charge in [0.15, 0.2) is 0 Å². The molecule has 316 valence electrons. The molecule has 0 spiro atoms. The van der Waals surface area contributed by atoms with Crippen LogP contribution in [0.3, 0.4) is 0 Å². The van der Waals surface area contributed by atoms with E-state index >= 15 is 0 Å². The van der Waals surface area contributed by atoms with Crippen LogP contribution in [-0.4, -0.2) is 73.4 Å². The number of phosphoric ester groups is 1. The lowest BCUT2D eigenvalue weighted by atomic mass is 10.0. The van der Waals surface area contributed by atoms with E-state index in [1.807, 2.05) is 27.2 Å². The Morgan fingerprint density at radius 1 is 0.630 bits per heavy atom. The van der Waals surface area contributed by atoms with E-state index in [9.17, 15) is 19.4 Å². The number of rotatable bonds is 39. The van der Waals surface area contributed by atoms with Gasteiger partial charge in [-0.1, -0.05) is 165 Å².